The van der Waals surface area contributed by atoms with Gasteiger partial charge in [0.1, 0.15) is 0 Å². The molecule has 0 aliphatic rings. The fraction of sp³-hybridized carbons (Fsp3) is 0.750. The van der Waals surface area contributed by atoms with Crippen LogP contribution in [0.15, 0.2) is 12.2 Å². The van der Waals surface area contributed by atoms with Crippen molar-refractivity contribution in [2.24, 2.45) is 5.92 Å². The van der Waals surface area contributed by atoms with Gasteiger partial charge in [-0.2, -0.15) is 0 Å². The van der Waals surface area contributed by atoms with E-state index < -0.39 is 12.3 Å². The molecule has 0 radical (unpaired) electrons. The molecule has 0 spiro atoms. The van der Waals surface area contributed by atoms with Crippen LogP contribution in [0.3, 0.4) is 0 Å². The van der Waals surface area contributed by atoms with Gasteiger partial charge in [-0.15, -0.1) is 0 Å². The number of hydrogen-bond acceptors (Lipinski definition) is 2. The van der Waals surface area contributed by atoms with Gasteiger partial charge < -0.3 is 9.64 Å². The van der Waals surface area contributed by atoms with Gasteiger partial charge in [-0.1, -0.05) is 19.1 Å². The molecule has 100 valence electrons. The Morgan fingerprint density at radius 3 is 2.41 bits per heavy atom. The normalized spacial score (nSPS) is 13.1. The zero-order valence-corrected chi connectivity index (χ0v) is 11.5. The van der Waals surface area contributed by atoms with Crippen molar-refractivity contribution in [3.63, 3.8) is 0 Å². The SMILES string of the molecule is CCN(CC)C(=S)OCCC=CC(C)C(F)F. The Labute approximate surface area is 108 Å². The lowest BCUT2D eigenvalue weighted by Crippen LogP contribution is -2.31. The summed E-state index contributed by atoms with van der Waals surface area (Å²) in [5, 5.41) is 0.477. The molecule has 0 saturated carbocycles. The summed E-state index contributed by atoms with van der Waals surface area (Å²) in [7, 11) is 0. The van der Waals surface area contributed by atoms with Crippen LogP contribution in [0.1, 0.15) is 27.2 Å². The molecule has 0 aromatic rings. The summed E-state index contributed by atoms with van der Waals surface area (Å²) in [6.45, 7) is 7.55. The molecular weight excluding hydrogens is 244 g/mol. The minimum atomic E-state index is -2.30. The fourth-order valence-electron chi connectivity index (χ4n) is 1.18. The third-order valence-corrected chi connectivity index (χ3v) is 2.74. The maximum atomic E-state index is 12.2. The molecule has 1 atom stereocenters. The van der Waals surface area contributed by atoms with E-state index in [9.17, 15) is 8.78 Å². The standard InChI is InChI=1S/C12H21F2NOS/c1-4-15(5-2)12(17)16-9-7-6-8-10(3)11(13)14/h6,8,10-11H,4-5,7,9H2,1-3H3. The minimum absolute atomic E-state index is 0.432. The lowest BCUT2D eigenvalue weighted by atomic mass is 10.1. The summed E-state index contributed by atoms with van der Waals surface area (Å²) in [5.74, 6) is -0.704. The first kappa shape index (κ1) is 16.3. The largest absolute Gasteiger partial charge is 0.471 e. The van der Waals surface area contributed by atoms with Crippen LogP contribution in [-0.4, -0.2) is 36.2 Å². The smallest absolute Gasteiger partial charge is 0.259 e. The van der Waals surface area contributed by atoms with Gasteiger partial charge in [-0.05, 0) is 32.5 Å². The van der Waals surface area contributed by atoms with Crippen LogP contribution in [0, 0.1) is 5.92 Å². The van der Waals surface area contributed by atoms with Crippen molar-refractivity contribution >= 4 is 17.4 Å². The van der Waals surface area contributed by atoms with Gasteiger partial charge in [0.15, 0.2) is 0 Å². The van der Waals surface area contributed by atoms with Gasteiger partial charge in [0.25, 0.3) is 5.17 Å². The maximum Gasteiger partial charge on any atom is 0.259 e. The minimum Gasteiger partial charge on any atom is -0.471 e. The van der Waals surface area contributed by atoms with Crippen molar-refractivity contribution in [3.8, 4) is 0 Å². The van der Waals surface area contributed by atoms with Crippen LogP contribution in [0.25, 0.3) is 0 Å². The molecule has 0 rings (SSSR count). The van der Waals surface area contributed by atoms with Gasteiger partial charge in [-0.3, -0.25) is 0 Å². The number of nitrogens with zero attached hydrogens (tertiary/aromatic N) is 1. The van der Waals surface area contributed by atoms with Crippen LogP contribution in [0.2, 0.25) is 0 Å². The van der Waals surface area contributed by atoms with Crippen molar-refractivity contribution in [2.45, 2.75) is 33.6 Å². The van der Waals surface area contributed by atoms with E-state index in [4.69, 9.17) is 17.0 Å². The average Bonchev–Trinajstić information content (AvgIpc) is 2.29. The van der Waals surface area contributed by atoms with E-state index >= 15 is 0 Å². The van der Waals surface area contributed by atoms with Crippen LogP contribution < -0.4 is 0 Å². The predicted octanol–water partition coefficient (Wildman–Crippen LogP) is 3.48. The molecule has 0 heterocycles. The molecule has 5 heteroatoms. The van der Waals surface area contributed by atoms with Gasteiger partial charge in [0.05, 0.1) is 6.61 Å². The highest BCUT2D eigenvalue weighted by Crippen LogP contribution is 2.10. The topological polar surface area (TPSA) is 12.5 Å². The Bertz CT molecular complexity index is 243. The second-order valence-electron chi connectivity index (χ2n) is 3.70. The number of thiocarbonyl (C=S) groups is 1. The first-order chi connectivity index (χ1) is 8.02. The number of alkyl halides is 2. The number of allylic oxidation sites excluding steroid dienone is 1. The molecule has 0 N–H and O–H groups in total. The summed E-state index contributed by atoms with van der Waals surface area (Å²) >= 11 is 5.08. The summed E-state index contributed by atoms with van der Waals surface area (Å²) in [6.07, 6.45) is 1.51. The first-order valence-electron chi connectivity index (χ1n) is 5.89. The molecule has 0 aliphatic heterocycles. The fourth-order valence-corrected chi connectivity index (χ4v) is 1.52. The van der Waals surface area contributed by atoms with Crippen LogP contribution in [0.4, 0.5) is 8.78 Å². The molecule has 17 heavy (non-hydrogen) atoms. The number of hydrogen-bond donors (Lipinski definition) is 0. The molecule has 0 bridgehead atoms. The second kappa shape index (κ2) is 9.33. The molecule has 0 saturated heterocycles. The number of rotatable bonds is 7. The predicted molar refractivity (Wildman–Crippen MR) is 70.4 cm³/mol. The molecule has 0 aliphatic carbocycles. The van der Waals surface area contributed by atoms with E-state index in [1.807, 2.05) is 18.7 Å². The molecule has 0 aromatic heterocycles. The van der Waals surface area contributed by atoms with E-state index in [1.165, 1.54) is 13.0 Å². The van der Waals surface area contributed by atoms with Crippen LogP contribution in [0.5, 0.6) is 0 Å². The van der Waals surface area contributed by atoms with E-state index in [0.29, 0.717) is 18.2 Å². The average molecular weight is 265 g/mol. The van der Waals surface area contributed by atoms with Crippen LogP contribution in [-0.2, 0) is 4.74 Å². The number of ether oxygens (including phenoxy) is 1. The van der Waals surface area contributed by atoms with Gasteiger partial charge in [0.2, 0.25) is 6.43 Å². The van der Waals surface area contributed by atoms with E-state index in [2.05, 4.69) is 0 Å². The van der Waals surface area contributed by atoms with Crippen LogP contribution >= 0.6 is 12.2 Å². The summed E-state index contributed by atoms with van der Waals surface area (Å²) in [4.78, 5) is 1.93. The summed E-state index contributed by atoms with van der Waals surface area (Å²) < 4.78 is 29.7. The molecule has 1 unspecified atom stereocenters. The third-order valence-electron chi connectivity index (χ3n) is 2.37. The molecule has 0 aromatic carbocycles. The quantitative estimate of drug-likeness (QED) is 0.397. The molecule has 2 nitrogen and oxygen atoms in total. The van der Waals surface area contributed by atoms with Crippen molar-refractivity contribution in [2.75, 3.05) is 19.7 Å². The molecule has 0 fully saturated rings. The maximum absolute atomic E-state index is 12.2. The van der Waals surface area contributed by atoms with Gasteiger partial charge in [-0.25, -0.2) is 8.78 Å². The highest BCUT2D eigenvalue weighted by molar-refractivity contribution is 7.80. The lowest BCUT2D eigenvalue weighted by Gasteiger charge is -2.20. The highest BCUT2D eigenvalue weighted by atomic mass is 32.1. The van der Waals surface area contributed by atoms with Crippen molar-refractivity contribution in [3.05, 3.63) is 12.2 Å². The van der Waals surface area contributed by atoms with Crippen molar-refractivity contribution < 1.29 is 13.5 Å². The highest BCUT2D eigenvalue weighted by Gasteiger charge is 2.09. The molecular formula is C12H21F2NOS. The Kier molecular flexibility index (Phi) is 8.94. The Balaban J connectivity index is 3.74. The summed E-state index contributed by atoms with van der Waals surface area (Å²) in [6, 6.07) is 0. The zero-order chi connectivity index (χ0) is 13.3. The van der Waals surface area contributed by atoms with Crippen molar-refractivity contribution in [1.82, 2.24) is 4.90 Å². The van der Waals surface area contributed by atoms with Gasteiger partial charge >= 0.3 is 0 Å². The number of halogens is 2. The van der Waals surface area contributed by atoms with E-state index in [0.717, 1.165) is 13.1 Å². The van der Waals surface area contributed by atoms with Gasteiger partial charge in [0, 0.05) is 19.0 Å². The monoisotopic (exact) mass is 265 g/mol. The Morgan fingerprint density at radius 2 is 1.94 bits per heavy atom. The zero-order valence-electron chi connectivity index (χ0n) is 10.7. The van der Waals surface area contributed by atoms with Crippen molar-refractivity contribution in [1.29, 1.82) is 0 Å². The van der Waals surface area contributed by atoms with E-state index in [1.54, 1.807) is 6.08 Å². The Hall–Kier alpha value is -0.710. The first-order valence-corrected chi connectivity index (χ1v) is 6.30. The second-order valence-corrected chi connectivity index (χ2v) is 4.05. The third kappa shape index (κ3) is 7.26. The lowest BCUT2D eigenvalue weighted by molar-refractivity contribution is 0.108. The van der Waals surface area contributed by atoms with E-state index in [-0.39, 0.29) is 0 Å². The Morgan fingerprint density at radius 1 is 1.35 bits per heavy atom. The summed E-state index contributed by atoms with van der Waals surface area (Å²) in [5.41, 5.74) is 0. The molecule has 0 amide bonds.